The van der Waals surface area contributed by atoms with E-state index in [-0.39, 0.29) is 32.3 Å². The summed E-state index contributed by atoms with van der Waals surface area (Å²) in [5.41, 5.74) is 0. The van der Waals surface area contributed by atoms with Gasteiger partial charge in [-0.2, -0.15) is 0 Å². The topological polar surface area (TPSA) is 172 Å². The molecular weight excluding hydrogens is 822 g/mol. The number of hydrogen-bond acceptors (Lipinski definition) is 11. The van der Waals surface area contributed by atoms with Gasteiger partial charge in [-0.3, -0.25) is 14.2 Å². The van der Waals surface area contributed by atoms with E-state index in [0.717, 1.165) is 32.1 Å². The summed E-state index contributed by atoms with van der Waals surface area (Å²) in [6, 6.07) is 0. The molecule has 0 spiro atoms. The molecule has 0 fully saturated rings. The van der Waals surface area contributed by atoms with Crippen LogP contribution in [0.3, 0.4) is 0 Å². The SMILES string of the molecule is CC/C=C\C[C@@H](O)/C=C/C=C/C=C\C=C/[C@H](O)[C@@H](O)CCCC(=O)OC[C@H](COP(=O)([O-])OCC[N+](C)(C)C)OC(=O)CC/C=C\C/C=C\C/C=C\C/C=C\C/C=C\CCCCC. The van der Waals surface area contributed by atoms with Gasteiger partial charge in [0.25, 0.3) is 7.82 Å². The van der Waals surface area contributed by atoms with Crippen molar-refractivity contribution < 1.29 is 57.4 Å². The minimum Gasteiger partial charge on any atom is -0.756 e. The molecule has 3 N–H and O–H groups in total. The predicted octanol–water partition coefficient (Wildman–Crippen LogP) is 9.19. The van der Waals surface area contributed by atoms with Crippen LogP contribution >= 0.6 is 7.82 Å². The Kier molecular flexibility index (Phi) is 37.5. The zero-order valence-corrected chi connectivity index (χ0v) is 39.7. The predicted molar refractivity (Wildman–Crippen MR) is 253 cm³/mol. The molecule has 0 bridgehead atoms. The number of rotatable bonds is 38. The van der Waals surface area contributed by atoms with E-state index < -0.39 is 57.4 Å². The van der Waals surface area contributed by atoms with Crippen LogP contribution in [0, 0.1) is 0 Å². The van der Waals surface area contributed by atoms with Crippen molar-refractivity contribution in [1.82, 2.24) is 0 Å². The molecule has 13 heteroatoms. The zero-order valence-electron chi connectivity index (χ0n) is 38.8. The lowest BCUT2D eigenvalue weighted by Gasteiger charge is -2.28. The van der Waals surface area contributed by atoms with Crippen molar-refractivity contribution >= 4 is 19.8 Å². The van der Waals surface area contributed by atoms with Gasteiger partial charge in [0.1, 0.15) is 19.8 Å². The van der Waals surface area contributed by atoms with Crippen LogP contribution in [-0.2, 0) is 32.7 Å². The highest BCUT2D eigenvalue weighted by Gasteiger charge is 2.22. The van der Waals surface area contributed by atoms with Gasteiger partial charge >= 0.3 is 11.9 Å². The minimum atomic E-state index is -4.74. The third-order valence-electron chi connectivity index (χ3n) is 8.82. The summed E-state index contributed by atoms with van der Waals surface area (Å²) in [5.74, 6) is -1.28. The molecule has 0 rings (SSSR count). The number of hydrogen-bond donors (Lipinski definition) is 3. The number of carbonyl (C=O) groups excluding carboxylic acids is 2. The lowest BCUT2D eigenvalue weighted by molar-refractivity contribution is -0.870. The van der Waals surface area contributed by atoms with Crippen molar-refractivity contribution in [3.8, 4) is 0 Å². The first-order valence-electron chi connectivity index (χ1n) is 22.6. The first-order valence-corrected chi connectivity index (χ1v) is 24.0. The molecule has 0 aliphatic carbocycles. The molecule has 63 heavy (non-hydrogen) atoms. The standard InChI is InChI=1S/C50H80NO11P/c1-6-8-10-11-12-13-14-15-16-17-18-19-20-21-22-23-24-29-33-39-50(56)62-46(44-61-63(57,58)60-42-41-51(3,4)5)43-59-49(55)40-34-38-48(54)47(53)37-32-28-26-25-27-31-36-45(52)35-30-9-7-2/h9,12-13,15-16,18-19,21-22,24-32,36-37,45-48,52-54H,6-8,10-11,14,17,20,23,33-35,38-44H2,1-5H3/b13-12-,16-15-,19-18-,22-21-,27-25+,28-26-,29-24-,30-9-,36-31+,37-32-/t45-,46-,47+,48+/m1/s1. The quantitative estimate of drug-likeness (QED) is 0.0135. The van der Waals surface area contributed by atoms with E-state index in [9.17, 15) is 34.4 Å². The molecule has 5 atom stereocenters. The number of likely N-dealkylation sites (N-methyl/N-ethyl adjacent to an activating group) is 1. The van der Waals surface area contributed by atoms with Crippen LogP contribution in [0.5, 0.6) is 0 Å². The average molecular weight is 902 g/mol. The minimum absolute atomic E-state index is 0.0194. The normalized spacial score (nSPS) is 16.1. The van der Waals surface area contributed by atoms with Gasteiger partial charge in [0.05, 0.1) is 46.1 Å². The number of aliphatic hydroxyl groups is 3. The second-order valence-electron chi connectivity index (χ2n) is 15.9. The Hall–Kier alpha value is -3.71. The molecule has 0 aromatic carbocycles. The van der Waals surface area contributed by atoms with Gasteiger partial charge in [-0.15, -0.1) is 0 Å². The van der Waals surface area contributed by atoms with Gasteiger partial charge in [0, 0.05) is 12.8 Å². The number of ether oxygens (including phenoxy) is 2. The number of esters is 2. The van der Waals surface area contributed by atoms with Crippen molar-refractivity contribution in [2.75, 3.05) is 47.5 Å². The summed E-state index contributed by atoms with van der Waals surface area (Å²) in [6.07, 6.45) is 44.8. The number of phosphoric ester groups is 1. The van der Waals surface area contributed by atoms with Crippen molar-refractivity contribution in [2.24, 2.45) is 0 Å². The summed E-state index contributed by atoms with van der Waals surface area (Å²) in [5, 5.41) is 30.5. The molecule has 0 heterocycles. The molecule has 12 nitrogen and oxygen atoms in total. The van der Waals surface area contributed by atoms with Crippen LogP contribution in [0.2, 0.25) is 0 Å². The van der Waals surface area contributed by atoms with E-state index in [4.69, 9.17) is 18.5 Å². The number of phosphoric acid groups is 1. The fourth-order valence-corrected chi connectivity index (χ4v) is 5.88. The van der Waals surface area contributed by atoms with Gasteiger partial charge in [0.15, 0.2) is 6.10 Å². The molecular formula is C50H80NO11P. The van der Waals surface area contributed by atoms with Gasteiger partial charge in [0.2, 0.25) is 0 Å². The number of nitrogens with zero attached hydrogens (tertiary/aromatic N) is 1. The van der Waals surface area contributed by atoms with E-state index in [1.807, 2.05) is 58.4 Å². The Morgan fingerprint density at radius 2 is 1.22 bits per heavy atom. The molecule has 1 unspecified atom stereocenters. The maximum absolute atomic E-state index is 12.7. The summed E-state index contributed by atoms with van der Waals surface area (Å²) < 4.78 is 33.5. The van der Waals surface area contributed by atoms with E-state index >= 15 is 0 Å². The van der Waals surface area contributed by atoms with Crippen molar-refractivity contribution in [3.05, 3.63) is 122 Å². The third-order valence-corrected chi connectivity index (χ3v) is 9.79. The number of aliphatic hydroxyl groups excluding tert-OH is 3. The summed E-state index contributed by atoms with van der Waals surface area (Å²) in [6.45, 7) is 3.48. The lowest BCUT2D eigenvalue weighted by atomic mass is 10.1. The molecule has 0 radical (unpaired) electrons. The average Bonchev–Trinajstić information content (AvgIpc) is 3.23. The molecule has 0 aromatic heterocycles. The second-order valence-corrected chi connectivity index (χ2v) is 17.3. The lowest BCUT2D eigenvalue weighted by Crippen LogP contribution is -2.37. The van der Waals surface area contributed by atoms with E-state index in [1.54, 1.807) is 42.5 Å². The highest BCUT2D eigenvalue weighted by atomic mass is 31.2. The zero-order chi connectivity index (χ0) is 46.9. The van der Waals surface area contributed by atoms with Gasteiger partial charge < -0.3 is 43.2 Å². The fraction of sp³-hybridized carbons (Fsp3) is 0.560. The molecule has 0 aliphatic heterocycles. The molecule has 0 saturated heterocycles. The van der Waals surface area contributed by atoms with E-state index in [0.29, 0.717) is 30.3 Å². The first kappa shape index (κ1) is 59.3. The maximum atomic E-state index is 12.7. The summed E-state index contributed by atoms with van der Waals surface area (Å²) in [7, 11) is 0.905. The van der Waals surface area contributed by atoms with Crippen LogP contribution in [0.15, 0.2) is 122 Å². The first-order chi connectivity index (χ1) is 30.2. The van der Waals surface area contributed by atoms with Crippen molar-refractivity contribution in [2.45, 2.75) is 135 Å². The Balaban J connectivity index is 4.81. The Morgan fingerprint density at radius 1 is 0.651 bits per heavy atom. The highest BCUT2D eigenvalue weighted by molar-refractivity contribution is 7.45. The molecule has 0 aliphatic rings. The second kappa shape index (κ2) is 39.8. The number of allylic oxidation sites excluding steroid dienone is 17. The van der Waals surface area contributed by atoms with Gasteiger partial charge in [-0.05, 0) is 70.6 Å². The molecule has 356 valence electrons. The third kappa shape index (κ3) is 42.0. The maximum Gasteiger partial charge on any atom is 0.306 e. The van der Waals surface area contributed by atoms with Crippen LogP contribution in [0.4, 0.5) is 0 Å². The Morgan fingerprint density at radius 3 is 1.81 bits per heavy atom. The smallest absolute Gasteiger partial charge is 0.306 e. The number of carbonyl (C=O) groups is 2. The molecule has 0 saturated carbocycles. The Labute approximate surface area is 379 Å². The summed E-state index contributed by atoms with van der Waals surface area (Å²) >= 11 is 0. The highest BCUT2D eigenvalue weighted by Crippen LogP contribution is 2.38. The molecule has 0 aromatic rings. The van der Waals surface area contributed by atoms with Gasteiger partial charge in [-0.25, -0.2) is 0 Å². The largest absolute Gasteiger partial charge is 0.756 e. The fourth-order valence-electron chi connectivity index (χ4n) is 5.15. The van der Waals surface area contributed by atoms with Gasteiger partial charge in [-0.1, -0.05) is 148 Å². The Bertz CT molecular complexity index is 1530. The van der Waals surface area contributed by atoms with Crippen molar-refractivity contribution in [3.63, 3.8) is 0 Å². The van der Waals surface area contributed by atoms with E-state index in [1.165, 1.54) is 25.3 Å². The number of unbranched alkanes of at least 4 members (excludes halogenated alkanes) is 3. The monoisotopic (exact) mass is 902 g/mol. The number of quaternary nitrogens is 1. The van der Waals surface area contributed by atoms with Crippen LogP contribution < -0.4 is 4.89 Å². The van der Waals surface area contributed by atoms with Crippen LogP contribution in [0.1, 0.15) is 110 Å². The summed E-state index contributed by atoms with van der Waals surface area (Å²) in [4.78, 5) is 37.6. The van der Waals surface area contributed by atoms with Crippen LogP contribution in [0.25, 0.3) is 0 Å². The molecule has 0 amide bonds. The van der Waals surface area contributed by atoms with E-state index in [2.05, 4.69) is 49.5 Å². The van der Waals surface area contributed by atoms with Crippen molar-refractivity contribution in [1.29, 1.82) is 0 Å². The van der Waals surface area contributed by atoms with Crippen LogP contribution in [-0.4, -0.2) is 104 Å².